The molecule has 0 radical (unpaired) electrons. The number of ketones is 2. The topological polar surface area (TPSA) is 161 Å². The molecule has 0 saturated heterocycles. The van der Waals surface area contributed by atoms with Gasteiger partial charge in [-0.3, -0.25) is 19.3 Å². The van der Waals surface area contributed by atoms with Crippen molar-refractivity contribution in [1.82, 2.24) is 4.90 Å². The summed E-state index contributed by atoms with van der Waals surface area (Å²) in [5.41, 5.74) is 4.67. The Hall–Kier alpha value is -3.87. The molecule has 0 unspecified atom stereocenters. The second kappa shape index (κ2) is 9.95. The van der Waals surface area contributed by atoms with Crippen LogP contribution in [0, 0.1) is 23.7 Å². The van der Waals surface area contributed by atoms with Gasteiger partial charge >= 0.3 is 0 Å². The molecular weight excluding hydrogens is 512 g/mol. The van der Waals surface area contributed by atoms with Gasteiger partial charge in [0, 0.05) is 11.5 Å². The highest BCUT2D eigenvalue weighted by atomic mass is 16.3. The molecule has 1 saturated carbocycles. The molecule has 0 spiro atoms. The molecule has 0 aliphatic heterocycles. The lowest BCUT2D eigenvalue weighted by molar-refractivity contribution is -0.153. The smallest absolute Gasteiger partial charge is 0.255 e. The second-order valence-electron chi connectivity index (χ2n) is 11.3. The van der Waals surface area contributed by atoms with Crippen molar-refractivity contribution in [2.75, 3.05) is 14.1 Å². The van der Waals surface area contributed by atoms with Crippen LogP contribution >= 0.6 is 0 Å². The van der Waals surface area contributed by atoms with E-state index < -0.39 is 58.0 Å². The Kier molecular flexibility index (Phi) is 6.89. The number of fused-ring (bicyclic) bond motifs is 3. The highest BCUT2D eigenvalue weighted by Crippen LogP contribution is 2.53. The van der Waals surface area contributed by atoms with Crippen molar-refractivity contribution in [1.29, 1.82) is 0 Å². The molecule has 0 aromatic heterocycles. The number of aliphatic hydroxyl groups excluding tert-OH is 2. The number of carbonyl (C=O) groups is 3. The molecule has 9 heteroatoms. The van der Waals surface area contributed by atoms with Gasteiger partial charge in [-0.2, -0.15) is 0 Å². The summed E-state index contributed by atoms with van der Waals surface area (Å²) < 4.78 is 0. The van der Waals surface area contributed by atoms with Crippen LogP contribution in [0.4, 0.5) is 0 Å². The molecule has 1 aromatic rings. The van der Waals surface area contributed by atoms with E-state index in [0.717, 1.165) is 36.8 Å². The average molecular weight is 547 g/mol. The fourth-order valence-corrected chi connectivity index (χ4v) is 6.90. The standard InChI is InChI=1S/C31H34N2O7/c1-4-16-12-17(11-10-15-8-6-5-7-9-15)25(34)22-19(16)13-18-14-20-24(33(2)3)27(36)23(30(32)39)29(38)31(20,40)28(37)21(18)26(22)35/h8,12,18,20,24,34-35,38,40H,4-7,9,13-14H2,1-3H3,(H2,32,39)/t18-,20-,24+,31-/m0/s1. The number of phenols is 1. The molecule has 1 aromatic carbocycles. The first-order valence-electron chi connectivity index (χ1n) is 13.7. The van der Waals surface area contributed by atoms with E-state index in [9.17, 15) is 34.8 Å². The Labute approximate surface area is 232 Å². The number of aromatic hydroxyl groups is 1. The van der Waals surface area contributed by atoms with E-state index in [4.69, 9.17) is 5.73 Å². The Morgan fingerprint density at radius 1 is 1.18 bits per heavy atom. The molecule has 210 valence electrons. The number of benzene rings is 1. The van der Waals surface area contributed by atoms with Gasteiger partial charge in [0.1, 0.15) is 22.8 Å². The number of aryl methyl sites for hydroxylation is 1. The second-order valence-corrected chi connectivity index (χ2v) is 11.3. The monoisotopic (exact) mass is 546 g/mol. The summed E-state index contributed by atoms with van der Waals surface area (Å²) in [5, 5.41) is 45.5. The third-order valence-electron chi connectivity index (χ3n) is 8.84. The van der Waals surface area contributed by atoms with Crippen molar-refractivity contribution in [3.63, 3.8) is 0 Å². The van der Waals surface area contributed by atoms with Gasteiger partial charge in [0.05, 0.1) is 17.2 Å². The minimum Gasteiger partial charge on any atom is -0.508 e. The highest BCUT2D eigenvalue weighted by Gasteiger charge is 2.64. The number of primary amides is 1. The van der Waals surface area contributed by atoms with Gasteiger partial charge in [-0.05, 0) is 87.7 Å². The maximum atomic E-state index is 14.0. The summed E-state index contributed by atoms with van der Waals surface area (Å²) in [6.07, 6.45) is 7.00. The number of likely N-dealkylation sites (N-methyl/N-ethyl adjacent to an activating group) is 1. The minimum absolute atomic E-state index is 0.0609. The molecule has 4 atom stereocenters. The third-order valence-corrected chi connectivity index (χ3v) is 8.84. The number of hydrogen-bond acceptors (Lipinski definition) is 8. The molecule has 6 N–H and O–H groups in total. The summed E-state index contributed by atoms with van der Waals surface area (Å²) in [7, 11) is 3.15. The first-order valence-corrected chi connectivity index (χ1v) is 13.7. The number of allylic oxidation sites excluding steroid dienone is 2. The summed E-state index contributed by atoms with van der Waals surface area (Å²) in [4.78, 5) is 40.8. The van der Waals surface area contributed by atoms with Crippen LogP contribution in [-0.4, -0.2) is 68.5 Å². The fraction of sp³-hybridized carbons (Fsp3) is 0.452. The Bertz CT molecular complexity index is 1500. The largest absolute Gasteiger partial charge is 0.508 e. The molecule has 1 amide bonds. The molecule has 5 rings (SSSR count). The van der Waals surface area contributed by atoms with Gasteiger partial charge in [-0.15, -0.1) is 0 Å². The molecule has 4 aliphatic carbocycles. The van der Waals surface area contributed by atoms with Crippen LogP contribution in [0.5, 0.6) is 5.75 Å². The number of amides is 1. The molecule has 0 bridgehead atoms. The van der Waals surface area contributed by atoms with Crippen molar-refractivity contribution in [2.45, 2.75) is 63.5 Å². The van der Waals surface area contributed by atoms with Gasteiger partial charge < -0.3 is 26.2 Å². The van der Waals surface area contributed by atoms with Crippen LogP contribution in [0.2, 0.25) is 0 Å². The summed E-state index contributed by atoms with van der Waals surface area (Å²) in [6, 6.07) is 0.702. The van der Waals surface area contributed by atoms with Gasteiger partial charge in [0.2, 0.25) is 5.78 Å². The fourth-order valence-electron chi connectivity index (χ4n) is 6.90. The van der Waals surface area contributed by atoms with Crippen molar-refractivity contribution < 1.29 is 34.8 Å². The van der Waals surface area contributed by atoms with Crippen molar-refractivity contribution in [3.8, 4) is 17.6 Å². The number of phenolic OH excluding ortho intramolecular Hbond substituents is 1. The molecule has 0 heterocycles. The lowest BCUT2D eigenvalue weighted by Gasteiger charge is -2.50. The van der Waals surface area contributed by atoms with Crippen LogP contribution in [0.15, 0.2) is 34.6 Å². The summed E-state index contributed by atoms with van der Waals surface area (Å²) in [6.45, 7) is 1.95. The zero-order chi connectivity index (χ0) is 29.1. The lowest BCUT2D eigenvalue weighted by Crippen LogP contribution is -2.65. The van der Waals surface area contributed by atoms with Crippen molar-refractivity contribution in [2.24, 2.45) is 17.6 Å². The van der Waals surface area contributed by atoms with Crippen LogP contribution < -0.4 is 5.73 Å². The molecule has 40 heavy (non-hydrogen) atoms. The van der Waals surface area contributed by atoms with Crippen molar-refractivity contribution >= 4 is 23.2 Å². The van der Waals surface area contributed by atoms with E-state index in [-0.39, 0.29) is 29.7 Å². The number of nitrogens with two attached hydrogens (primary N) is 1. The Balaban J connectivity index is 1.69. The SMILES string of the molecule is CCc1cc(C#CC2=CCCCC2)c(O)c2c1C[C@H]1C[C@H]3[C@@H](N(C)C)C(=O)C(C(N)=O)=C(O)[C@@]3(O)C(=O)C1=C2O. The predicted molar refractivity (Wildman–Crippen MR) is 147 cm³/mol. The number of aliphatic hydroxyl groups is 3. The van der Waals surface area contributed by atoms with E-state index >= 15 is 0 Å². The Morgan fingerprint density at radius 2 is 1.90 bits per heavy atom. The number of carbonyl (C=O) groups excluding carboxylic acids is 3. The first kappa shape index (κ1) is 27.7. The number of nitrogens with zero attached hydrogens (tertiary/aromatic N) is 1. The zero-order valence-corrected chi connectivity index (χ0v) is 22.9. The van der Waals surface area contributed by atoms with E-state index in [1.165, 1.54) is 4.90 Å². The minimum atomic E-state index is -2.65. The highest BCUT2D eigenvalue weighted by molar-refractivity contribution is 6.24. The van der Waals surface area contributed by atoms with Gasteiger partial charge in [-0.25, -0.2) is 0 Å². The maximum absolute atomic E-state index is 14.0. The van der Waals surface area contributed by atoms with E-state index in [1.54, 1.807) is 14.1 Å². The van der Waals surface area contributed by atoms with E-state index in [0.29, 0.717) is 17.5 Å². The predicted octanol–water partition coefficient (Wildman–Crippen LogP) is 2.38. The van der Waals surface area contributed by atoms with Crippen molar-refractivity contribution in [3.05, 3.63) is 56.9 Å². The lowest BCUT2D eigenvalue weighted by atomic mass is 9.57. The quantitative estimate of drug-likeness (QED) is 0.285. The maximum Gasteiger partial charge on any atom is 0.255 e. The normalized spacial score (nSPS) is 27.9. The molecule has 4 aliphatic rings. The van der Waals surface area contributed by atoms with Crippen LogP contribution in [0.3, 0.4) is 0 Å². The number of hydrogen-bond donors (Lipinski definition) is 5. The summed E-state index contributed by atoms with van der Waals surface area (Å²) in [5.74, 6) is -0.436. The van der Waals surface area contributed by atoms with Crippen LogP contribution in [0.1, 0.15) is 61.3 Å². The molecular formula is C31H34N2O7. The molecule has 1 fully saturated rings. The average Bonchev–Trinajstić information content (AvgIpc) is 2.90. The van der Waals surface area contributed by atoms with Gasteiger partial charge in [0.15, 0.2) is 11.4 Å². The number of rotatable bonds is 3. The zero-order valence-electron chi connectivity index (χ0n) is 22.9. The van der Waals surface area contributed by atoms with Crippen LogP contribution in [0.25, 0.3) is 5.76 Å². The number of Topliss-reactive ketones (excluding diaryl/α,β-unsaturated/α-hetero) is 2. The third kappa shape index (κ3) is 3.97. The van der Waals surface area contributed by atoms with Gasteiger partial charge in [-0.1, -0.05) is 24.8 Å². The van der Waals surface area contributed by atoms with Gasteiger partial charge in [0.25, 0.3) is 5.91 Å². The Morgan fingerprint density at radius 3 is 2.50 bits per heavy atom. The first-order chi connectivity index (χ1) is 18.9. The van der Waals surface area contributed by atoms with Crippen LogP contribution in [-0.2, 0) is 27.2 Å². The van der Waals surface area contributed by atoms with E-state index in [2.05, 4.69) is 17.9 Å². The summed E-state index contributed by atoms with van der Waals surface area (Å²) >= 11 is 0. The van der Waals surface area contributed by atoms with E-state index in [1.807, 2.05) is 13.0 Å². The molecule has 9 nitrogen and oxygen atoms in total.